The largest absolute Gasteiger partial charge is 0.457 e. The lowest BCUT2D eigenvalue weighted by Gasteiger charge is -2.08. The molecule has 0 aliphatic rings. The van der Waals surface area contributed by atoms with Gasteiger partial charge in [0.25, 0.3) is 0 Å². The third-order valence-electron chi connectivity index (χ3n) is 3.44. The maximum absolute atomic E-state index is 12.1. The lowest BCUT2D eigenvalue weighted by atomic mass is 10.1. The molecule has 0 atom stereocenters. The smallest absolute Gasteiger partial charge is 0.338 e. The fourth-order valence-corrected chi connectivity index (χ4v) is 2.48. The Bertz CT molecular complexity index is 789. The number of carbonyl (C=O) groups excluding carboxylic acids is 1. The molecule has 1 heterocycles. The van der Waals surface area contributed by atoms with E-state index >= 15 is 0 Å². The van der Waals surface area contributed by atoms with Crippen molar-refractivity contribution in [1.29, 1.82) is 0 Å². The summed E-state index contributed by atoms with van der Waals surface area (Å²) >= 11 is 0. The summed E-state index contributed by atoms with van der Waals surface area (Å²) < 4.78 is 7.01. The third kappa shape index (κ3) is 3.63. The summed E-state index contributed by atoms with van der Waals surface area (Å²) in [6.07, 6.45) is 3.07. The van der Waals surface area contributed by atoms with Crippen LogP contribution < -0.4 is 0 Å². The van der Waals surface area contributed by atoms with E-state index in [0.717, 1.165) is 22.4 Å². The van der Waals surface area contributed by atoms with Gasteiger partial charge in [-0.1, -0.05) is 29.3 Å². The molecule has 0 aliphatic heterocycles. The number of aryl methyl sites for hydroxylation is 2. The van der Waals surface area contributed by atoms with Gasteiger partial charge in [0.05, 0.1) is 11.3 Å². The predicted octanol–water partition coefficient (Wildman–Crippen LogP) is 3.24. The highest BCUT2D eigenvalue weighted by atomic mass is 16.5. The van der Waals surface area contributed by atoms with Crippen molar-refractivity contribution in [1.82, 2.24) is 14.8 Å². The molecule has 0 saturated heterocycles. The molecule has 2 aromatic carbocycles. The Morgan fingerprint density at radius 3 is 2.39 bits per heavy atom. The minimum atomic E-state index is -0.339. The summed E-state index contributed by atoms with van der Waals surface area (Å²) in [5.41, 5.74) is 4.67. The Kier molecular flexibility index (Phi) is 4.19. The summed E-state index contributed by atoms with van der Waals surface area (Å²) in [5.74, 6) is -0.339. The topological polar surface area (TPSA) is 57.0 Å². The van der Waals surface area contributed by atoms with Crippen LogP contribution in [0, 0.1) is 13.8 Å². The Labute approximate surface area is 134 Å². The van der Waals surface area contributed by atoms with Gasteiger partial charge in [-0.2, -0.15) is 5.10 Å². The molecule has 0 N–H and O–H groups in total. The minimum absolute atomic E-state index is 0.270. The number of esters is 1. The molecule has 5 heteroatoms. The molecule has 0 unspecified atom stereocenters. The first-order valence-electron chi connectivity index (χ1n) is 7.31. The highest BCUT2D eigenvalue weighted by Crippen LogP contribution is 2.13. The molecule has 0 saturated carbocycles. The van der Waals surface area contributed by atoms with Crippen molar-refractivity contribution in [3.05, 3.63) is 77.4 Å². The molecular weight excluding hydrogens is 290 g/mol. The van der Waals surface area contributed by atoms with Crippen molar-refractivity contribution in [2.24, 2.45) is 0 Å². The number of nitrogens with zero attached hydrogens (tertiary/aromatic N) is 3. The minimum Gasteiger partial charge on any atom is -0.457 e. The monoisotopic (exact) mass is 307 g/mol. The van der Waals surface area contributed by atoms with E-state index in [0.29, 0.717) is 5.56 Å². The van der Waals surface area contributed by atoms with E-state index in [2.05, 4.69) is 16.1 Å². The molecule has 116 valence electrons. The molecule has 3 rings (SSSR count). The second-order valence-corrected chi connectivity index (χ2v) is 5.46. The Morgan fingerprint density at radius 1 is 1.09 bits per heavy atom. The van der Waals surface area contributed by atoms with Crippen molar-refractivity contribution in [3.63, 3.8) is 0 Å². The molecule has 0 spiro atoms. The molecule has 5 nitrogen and oxygen atoms in total. The molecular formula is C18H17N3O2. The second-order valence-electron chi connectivity index (χ2n) is 5.46. The van der Waals surface area contributed by atoms with E-state index in [1.165, 1.54) is 6.33 Å². The average molecular weight is 307 g/mol. The zero-order valence-corrected chi connectivity index (χ0v) is 13.1. The number of aromatic nitrogens is 3. The van der Waals surface area contributed by atoms with Crippen molar-refractivity contribution in [2.75, 3.05) is 0 Å². The predicted molar refractivity (Wildman–Crippen MR) is 86.4 cm³/mol. The number of rotatable bonds is 4. The number of benzene rings is 2. The Balaban J connectivity index is 1.66. The molecule has 0 amide bonds. The zero-order chi connectivity index (χ0) is 16.2. The van der Waals surface area contributed by atoms with Crippen LogP contribution in [0.3, 0.4) is 0 Å². The highest BCUT2D eigenvalue weighted by molar-refractivity contribution is 5.89. The normalized spacial score (nSPS) is 10.5. The van der Waals surface area contributed by atoms with Crippen LogP contribution in [0.2, 0.25) is 0 Å². The Hall–Kier alpha value is -2.95. The van der Waals surface area contributed by atoms with Gasteiger partial charge < -0.3 is 4.74 Å². The first kappa shape index (κ1) is 15.0. The maximum Gasteiger partial charge on any atom is 0.338 e. The van der Waals surface area contributed by atoms with Gasteiger partial charge in [0.2, 0.25) is 0 Å². The van der Waals surface area contributed by atoms with Gasteiger partial charge in [-0.15, -0.1) is 0 Å². The number of carbonyl (C=O) groups is 1. The zero-order valence-electron chi connectivity index (χ0n) is 13.1. The first-order chi connectivity index (χ1) is 11.1. The Morgan fingerprint density at radius 2 is 1.78 bits per heavy atom. The van der Waals surface area contributed by atoms with Gasteiger partial charge >= 0.3 is 5.97 Å². The van der Waals surface area contributed by atoms with Gasteiger partial charge in [0.1, 0.15) is 19.3 Å². The van der Waals surface area contributed by atoms with Crippen LogP contribution in [0.25, 0.3) is 5.69 Å². The molecule has 0 aliphatic carbocycles. The van der Waals surface area contributed by atoms with E-state index in [9.17, 15) is 4.79 Å². The number of hydrogen-bond donors (Lipinski definition) is 0. The van der Waals surface area contributed by atoms with E-state index < -0.39 is 0 Å². The summed E-state index contributed by atoms with van der Waals surface area (Å²) in [6.45, 7) is 4.33. The van der Waals surface area contributed by atoms with E-state index in [-0.39, 0.29) is 12.6 Å². The lowest BCUT2D eigenvalue weighted by molar-refractivity contribution is 0.0472. The quantitative estimate of drug-likeness (QED) is 0.694. The molecule has 23 heavy (non-hydrogen) atoms. The van der Waals surface area contributed by atoms with Crippen LogP contribution in [0.1, 0.15) is 27.0 Å². The molecule has 3 aromatic rings. The summed E-state index contributed by atoms with van der Waals surface area (Å²) in [6, 6.07) is 13.2. The summed E-state index contributed by atoms with van der Waals surface area (Å²) in [4.78, 5) is 16.0. The molecule has 0 bridgehead atoms. The molecule has 0 radical (unpaired) electrons. The SMILES string of the molecule is Cc1cc(C)cc(COC(=O)c2ccc(-n3cncn3)cc2)c1. The second kappa shape index (κ2) is 6.44. The fourth-order valence-electron chi connectivity index (χ4n) is 2.48. The lowest BCUT2D eigenvalue weighted by Crippen LogP contribution is -2.06. The van der Waals surface area contributed by atoms with Crippen molar-refractivity contribution >= 4 is 5.97 Å². The van der Waals surface area contributed by atoms with Gasteiger partial charge in [0.15, 0.2) is 0 Å². The van der Waals surface area contributed by atoms with Crippen molar-refractivity contribution < 1.29 is 9.53 Å². The van der Waals surface area contributed by atoms with Crippen LogP contribution >= 0.6 is 0 Å². The summed E-state index contributed by atoms with van der Waals surface area (Å²) in [5, 5.41) is 4.04. The number of hydrogen-bond acceptors (Lipinski definition) is 4. The highest BCUT2D eigenvalue weighted by Gasteiger charge is 2.08. The van der Waals surface area contributed by atoms with Gasteiger partial charge in [-0.05, 0) is 43.7 Å². The van der Waals surface area contributed by atoms with Crippen LogP contribution in [0.15, 0.2) is 55.1 Å². The van der Waals surface area contributed by atoms with Gasteiger partial charge in [-0.3, -0.25) is 0 Å². The van der Waals surface area contributed by atoms with E-state index in [4.69, 9.17) is 4.74 Å². The third-order valence-corrected chi connectivity index (χ3v) is 3.44. The van der Waals surface area contributed by atoms with Crippen molar-refractivity contribution in [2.45, 2.75) is 20.5 Å². The van der Waals surface area contributed by atoms with Crippen molar-refractivity contribution in [3.8, 4) is 5.69 Å². The van der Waals surface area contributed by atoms with Crippen LogP contribution in [0.4, 0.5) is 0 Å². The van der Waals surface area contributed by atoms with E-state index in [1.54, 1.807) is 23.1 Å². The molecule has 1 aromatic heterocycles. The fraction of sp³-hybridized carbons (Fsp3) is 0.167. The first-order valence-corrected chi connectivity index (χ1v) is 7.31. The molecule has 0 fully saturated rings. The van der Waals surface area contributed by atoms with Crippen LogP contribution in [-0.4, -0.2) is 20.7 Å². The van der Waals surface area contributed by atoms with Crippen LogP contribution in [0.5, 0.6) is 0 Å². The van der Waals surface area contributed by atoms with Gasteiger partial charge in [-0.25, -0.2) is 14.5 Å². The van der Waals surface area contributed by atoms with Crippen LogP contribution in [-0.2, 0) is 11.3 Å². The van der Waals surface area contributed by atoms with Gasteiger partial charge in [0, 0.05) is 0 Å². The van der Waals surface area contributed by atoms with E-state index in [1.807, 2.05) is 38.1 Å². The summed E-state index contributed by atoms with van der Waals surface area (Å²) in [7, 11) is 0. The maximum atomic E-state index is 12.1. The average Bonchev–Trinajstić information content (AvgIpc) is 3.06. The number of ether oxygens (including phenoxy) is 1. The standard InChI is InChI=1S/C18H17N3O2/c1-13-7-14(2)9-15(8-13)10-23-18(22)16-3-5-17(6-4-16)21-12-19-11-20-21/h3-9,11-12H,10H2,1-2H3.